The fourth-order valence-corrected chi connectivity index (χ4v) is 1.89. The zero-order valence-electron chi connectivity index (χ0n) is 12.5. The highest BCUT2D eigenvalue weighted by Crippen LogP contribution is 2.16. The van der Waals surface area contributed by atoms with E-state index in [2.05, 4.69) is 10.3 Å². The number of para-hydroxylation sites is 1. The highest BCUT2D eigenvalue weighted by Gasteiger charge is 2.10. The zero-order valence-corrected chi connectivity index (χ0v) is 12.5. The Balaban J connectivity index is 1.93. The summed E-state index contributed by atoms with van der Waals surface area (Å²) >= 11 is 0. The summed E-state index contributed by atoms with van der Waals surface area (Å²) in [6, 6.07) is 9.53. The van der Waals surface area contributed by atoms with Crippen LogP contribution in [0.1, 0.15) is 22.8 Å². The predicted octanol–water partition coefficient (Wildman–Crippen LogP) is 2.47. The number of benzene rings is 2. The lowest BCUT2D eigenvalue weighted by Crippen LogP contribution is -2.30. The molecule has 120 valence electrons. The van der Waals surface area contributed by atoms with Gasteiger partial charge in [-0.1, -0.05) is 12.1 Å². The summed E-state index contributed by atoms with van der Waals surface area (Å²) in [7, 11) is 0. The smallest absolute Gasteiger partial charge is 0.255 e. The number of hydrogen-bond donors (Lipinski definition) is 3. The lowest BCUT2D eigenvalue weighted by Gasteiger charge is -2.09. The van der Waals surface area contributed by atoms with E-state index in [4.69, 9.17) is 0 Å². The number of phenolic OH excluding ortho intramolecular Hbond substituents is 2. The van der Waals surface area contributed by atoms with Crippen molar-refractivity contribution in [2.75, 3.05) is 6.54 Å². The first kappa shape index (κ1) is 16.5. The van der Waals surface area contributed by atoms with E-state index in [0.717, 1.165) is 6.07 Å². The molecule has 1 unspecified atom stereocenters. The Morgan fingerprint density at radius 1 is 1.26 bits per heavy atom. The minimum absolute atomic E-state index is 0.0689. The van der Waals surface area contributed by atoms with Crippen LogP contribution in [-0.2, 0) is 0 Å². The van der Waals surface area contributed by atoms with Gasteiger partial charge in [0.2, 0.25) is 0 Å². The van der Waals surface area contributed by atoms with Gasteiger partial charge in [0, 0.05) is 18.3 Å². The summed E-state index contributed by atoms with van der Waals surface area (Å²) in [5, 5.41) is 21.8. The summed E-state index contributed by atoms with van der Waals surface area (Å²) in [4.78, 5) is 16.1. The van der Waals surface area contributed by atoms with Gasteiger partial charge in [-0.3, -0.25) is 9.79 Å². The van der Waals surface area contributed by atoms with E-state index in [1.165, 1.54) is 30.5 Å². The number of aliphatic imine (C=N–C) groups is 1. The quantitative estimate of drug-likeness (QED) is 0.741. The number of hydrogen-bond acceptors (Lipinski definition) is 4. The van der Waals surface area contributed by atoms with Crippen LogP contribution >= 0.6 is 0 Å². The molecule has 5 nitrogen and oxygen atoms in total. The van der Waals surface area contributed by atoms with Gasteiger partial charge < -0.3 is 15.5 Å². The zero-order chi connectivity index (χ0) is 16.8. The van der Waals surface area contributed by atoms with Crippen LogP contribution in [0.25, 0.3) is 0 Å². The average Bonchev–Trinajstić information content (AvgIpc) is 2.54. The maximum atomic E-state index is 13.1. The molecule has 2 rings (SSSR count). The van der Waals surface area contributed by atoms with E-state index in [1.54, 1.807) is 19.1 Å². The Hall–Kier alpha value is -2.89. The number of halogens is 1. The van der Waals surface area contributed by atoms with Crippen LogP contribution in [0.2, 0.25) is 0 Å². The van der Waals surface area contributed by atoms with Crippen LogP contribution in [0.4, 0.5) is 4.39 Å². The SMILES string of the molecule is CC(CNC(=O)c1ccccc1O)N=Cc1cc(F)ccc1O. The number of carbonyl (C=O) groups is 1. The Bertz CT molecular complexity index is 732. The number of carbonyl (C=O) groups excluding carboxylic acids is 1. The van der Waals surface area contributed by atoms with Gasteiger partial charge in [0.25, 0.3) is 5.91 Å². The molecule has 0 aliphatic rings. The Labute approximate surface area is 133 Å². The maximum Gasteiger partial charge on any atom is 0.255 e. The molecule has 0 spiro atoms. The fraction of sp³-hybridized carbons (Fsp3) is 0.176. The van der Waals surface area contributed by atoms with Gasteiger partial charge in [0.15, 0.2) is 0 Å². The third-order valence-corrected chi connectivity index (χ3v) is 3.16. The van der Waals surface area contributed by atoms with E-state index >= 15 is 0 Å². The van der Waals surface area contributed by atoms with Crippen LogP contribution in [0.15, 0.2) is 47.5 Å². The molecule has 0 aliphatic carbocycles. The molecule has 2 aromatic carbocycles. The Kier molecular flexibility index (Phi) is 5.30. The maximum absolute atomic E-state index is 13.1. The van der Waals surface area contributed by atoms with E-state index in [9.17, 15) is 19.4 Å². The Morgan fingerprint density at radius 2 is 2.00 bits per heavy atom. The van der Waals surface area contributed by atoms with Crippen molar-refractivity contribution in [1.82, 2.24) is 5.32 Å². The molecule has 1 amide bonds. The molecule has 0 saturated heterocycles. The number of amides is 1. The third kappa shape index (κ3) is 4.54. The number of aromatic hydroxyl groups is 2. The number of rotatable bonds is 5. The lowest BCUT2D eigenvalue weighted by molar-refractivity contribution is 0.0949. The molecule has 0 aromatic heterocycles. The van der Waals surface area contributed by atoms with Crippen molar-refractivity contribution in [2.24, 2.45) is 4.99 Å². The molecular formula is C17H17FN2O3. The lowest BCUT2D eigenvalue weighted by atomic mass is 10.2. The fourth-order valence-electron chi connectivity index (χ4n) is 1.89. The summed E-state index contributed by atoms with van der Waals surface area (Å²) in [5.74, 6) is -1.03. The average molecular weight is 316 g/mol. The molecular weight excluding hydrogens is 299 g/mol. The normalized spacial score (nSPS) is 12.3. The Morgan fingerprint density at radius 3 is 2.74 bits per heavy atom. The first-order chi connectivity index (χ1) is 11.0. The minimum Gasteiger partial charge on any atom is -0.507 e. The molecule has 0 bridgehead atoms. The van der Waals surface area contributed by atoms with Gasteiger partial charge in [0.1, 0.15) is 17.3 Å². The van der Waals surface area contributed by atoms with Crippen molar-refractivity contribution >= 4 is 12.1 Å². The second-order valence-corrected chi connectivity index (χ2v) is 5.06. The second-order valence-electron chi connectivity index (χ2n) is 5.06. The molecule has 2 aromatic rings. The van der Waals surface area contributed by atoms with Crippen LogP contribution in [-0.4, -0.2) is 34.9 Å². The predicted molar refractivity (Wildman–Crippen MR) is 85.6 cm³/mol. The van der Waals surface area contributed by atoms with Gasteiger partial charge in [-0.25, -0.2) is 4.39 Å². The van der Waals surface area contributed by atoms with Crippen molar-refractivity contribution in [1.29, 1.82) is 0 Å². The number of nitrogens with zero attached hydrogens (tertiary/aromatic N) is 1. The third-order valence-electron chi connectivity index (χ3n) is 3.16. The van der Waals surface area contributed by atoms with E-state index in [-0.39, 0.29) is 35.2 Å². The van der Waals surface area contributed by atoms with E-state index < -0.39 is 11.7 Å². The molecule has 3 N–H and O–H groups in total. The van der Waals surface area contributed by atoms with E-state index in [1.807, 2.05) is 0 Å². The minimum atomic E-state index is -0.468. The second kappa shape index (κ2) is 7.40. The molecule has 0 saturated carbocycles. The highest BCUT2D eigenvalue weighted by atomic mass is 19.1. The van der Waals surface area contributed by atoms with Crippen LogP contribution in [0.5, 0.6) is 11.5 Å². The van der Waals surface area contributed by atoms with Crippen LogP contribution in [0, 0.1) is 5.82 Å². The highest BCUT2D eigenvalue weighted by molar-refractivity contribution is 5.96. The largest absolute Gasteiger partial charge is 0.507 e. The van der Waals surface area contributed by atoms with Crippen molar-refractivity contribution in [3.05, 3.63) is 59.4 Å². The molecule has 1 atom stereocenters. The van der Waals surface area contributed by atoms with E-state index in [0.29, 0.717) is 0 Å². The monoisotopic (exact) mass is 316 g/mol. The molecule has 0 heterocycles. The van der Waals surface area contributed by atoms with Gasteiger partial charge in [-0.15, -0.1) is 0 Å². The van der Waals surface area contributed by atoms with Crippen molar-refractivity contribution < 1.29 is 19.4 Å². The molecule has 0 fully saturated rings. The van der Waals surface area contributed by atoms with Crippen LogP contribution in [0.3, 0.4) is 0 Å². The summed E-state index contributed by atoms with van der Waals surface area (Å²) < 4.78 is 13.1. The van der Waals surface area contributed by atoms with Crippen molar-refractivity contribution in [2.45, 2.75) is 13.0 Å². The first-order valence-corrected chi connectivity index (χ1v) is 7.05. The molecule has 23 heavy (non-hydrogen) atoms. The first-order valence-electron chi connectivity index (χ1n) is 7.05. The summed E-state index contributed by atoms with van der Waals surface area (Å²) in [6.45, 7) is 2.00. The van der Waals surface area contributed by atoms with Gasteiger partial charge in [0.05, 0.1) is 11.6 Å². The van der Waals surface area contributed by atoms with Gasteiger partial charge >= 0.3 is 0 Å². The molecule has 0 radical (unpaired) electrons. The van der Waals surface area contributed by atoms with Gasteiger partial charge in [-0.05, 0) is 37.3 Å². The topological polar surface area (TPSA) is 81.9 Å². The number of nitrogens with one attached hydrogen (secondary N) is 1. The van der Waals surface area contributed by atoms with Crippen molar-refractivity contribution in [3.8, 4) is 11.5 Å². The number of phenols is 2. The molecule has 0 aliphatic heterocycles. The molecule has 6 heteroatoms. The standard InChI is InChI=1S/C17H17FN2O3/c1-11(19-10-12-8-13(18)6-7-15(12)21)9-20-17(23)14-4-2-3-5-16(14)22/h2-8,10-11,21-22H,9H2,1H3,(H,20,23). The van der Waals surface area contributed by atoms with Gasteiger partial charge in [-0.2, -0.15) is 0 Å². The van der Waals surface area contributed by atoms with Crippen LogP contribution < -0.4 is 5.32 Å². The summed E-state index contributed by atoms with van der Waals surface area (Å²) in [6.07, 6.45) is 1.36. The summed E-state index contributed by atoms with van der Waals surface area (Å²) in [5.41, 5.74) is 0.454. The van der Waals surface area contributed by atoms with Crippen molar-refractivity contribution in [3.63, 3.8) is 0 Å².